The molecule has 0 amide bonds. The highest BCUT2D eigenvalue weighted by atomic mass is 32.1. The van der Waals surface area contributed by atoms with E-state index in [0.717, 1.165) is 75.2 Å². The molecule has 1 fully saturated rings. The van der Waals surface area contributed by atoms with Crippen molar-refractivity contribution in [2.45, 2.75) is 32.7 Å². The number of fused-ring (bicyclic) bond motifs is 1. The van der Waals surface area contributed by atoms with Gasteiger partial charge in [0, 0.05) is 55.2 Å². The maximum Gasteiger partial charge on any atom is 0.187 e. The van der Waals surface area contributed by atoms with Crippen molar-refractivity contribution >= 4 is 38.1 Å². The third-order valence-electron chi connectivity index (χ3n) is 6.25. The third-order valence-corrected chi connectivity index (χ3v) is 7.39. The summed E-state index contributed by atoms with van der Waals surface area (Å²) in [7, 11) is 4.20. The predicted molar refractivity (Wildman–Crippen MR) is 131 cm³/mol. The fourth-order valence-corrected chi connectivity index (χ4v) is 5.40. The van der Waals surface area contributed by atoms with E-state index in [1.54, 1.807) is 11.3 Å². The molecule has 5 rings (SSSR count). The van der Waals surface area contributed by atoms with E-state index in [0.29, 0.717) is 6.04 Å². The van der Waals surface area contributed by atoms with Crippen molar-refractivity contribution in [2.75, 3.05) is 25.0 Å². The maximum absolute atomic E-state index is 4.98. The standard InChI is InChI=1S/C23H28N8S/c1-14(28-22-15(2)29-23(32-22)31(4)17-5-8-24-9-6-17)20-21-18(7-10-30(21)3)19(13-25-20)16-11-26-27-12-16/h7,10-13,17,24H,5-6,8-9H2,1-4H3,(H,26,27)/b28-14+. The number of pyridine rings is 1. The van der Waals surface area contributed by atoms with Crippen LogP contribution in [0.3, 0.4) is 0 Å². The van der Waals surface area contributed by atoms with Gasteiger partial charge < -0.3 is 14.8 Å². The SMILES string of the molecule is C/C(=N\c1sc(N(C)C2CCNCC2)nc1C)c1ncc(-c2cn[nH]c2)c2ccn(C)c12. The molecular formula is C23H28N8S. The third kappa shape index (κ3) is 3.71. The van der Waals surface area contributed by atoms with E-state index < -0.39 is 0 Å². The van der Waals surface area contributed by atoms with E-state index in [-0.39, 0.29) is 0 Å². The van der Waals surface area contributed by atoms with E-state index in [2.05, 4.69) is 44.3 Å². The fraction of sp³-hybridized carbons (Fsp3) is 0.391. The van der Waals surface area contributed by atoms with Gasteiger partial charge in [0.05, 0.1) is 23.1 Å². The van der Waals surface area contributed by atoms with Crippen LogP contribution in [-0.4, -0.2) is 56.6 Å². The number of anilines is 1. The Morgan fingerprint density at radius 3 is 2.84 bits per heavy atom. The van der Waals surface area contributed by atoms with E-state index in [9.17, 15) is 0 Å². The Morgan fingerprint density at radius 2 is 2.09 bits per heavy atom. The van der Waals surface area contributed by atoms with E-state index in [1.165, 1.54) is 0 Å². The summed E-state index contributed by atoms with van der Waals surface area (Å²) in [6, 6.07) is 2.65. The molecule has 9 heteroatoms. The summed E-state index contributed by atoms with van der Waals surface area (Å²) in [6.45, 7) is 6.20. The lowest BCUT2D eigenvalue weighted by molar-refractivity contribution is 0.443. The Kier molecular flexibility index (Phi) is 5.52. The summed E-state index contributed by atoms with van der Waals surface area (Å²) < 4.78 is 2.11. The number of aromatic nitrogens is 5. The van der Waals surface area contributed by atoms with Crippen LogP contribution in [0.1, 0.15) is 31.2 Å². The molecule has 2 N–H and O–H groups in total. The summed E-state index contributed by atoms with van der Waals surface area (Å²) in [4.78, 5) is 16.9. The van der Waals surface area contributed by atoms with E-state index >= 15 is 0 Å². The highest BCUT2D eigenvalue weighted by molar-refractivity contribution is 7.19. The first-order valence-corrected chi connectivity index (χ1v) is 11.7. The van der Waals surface area contributed by atoms with Gasteiger partial charge in [0.2, 0.25) is 0 Å². The monoisotopic (exact) mass is 448 g/mol. The Bertz CT molecular complexity index is 1260. The topological polar surface area (TPSA) is 87.0 Å². The number of aryl methyl sites for hydroxylation is 2. The van der Waals surface area contributed by atoms with Crippen molar-refractivity contribution in [3.8, 4) is 11.1 Å². The number of nitrogens with one attached hydrogen (secondary N) is 2. The van der Waals surface area contributed by atoms with Crippen molar-refractivity contribution in [1.82, 2.24) is 30.0 Å². The van der Waals surface area contributed by atoms with Crippen LogP contribution in [0.4, 0.5) is 10.1 Å². The normalized spacial score (nSPS) is 15.6. The summed E-state index contributed by atoms with van der Waals surface area (Å²) in [6.07, 6.45) is 9.99. The maximum atomic E-state index is 4.98. The molecule has 0 atom stereocenters. The number of hydrogen-bond donors (Lipinski definition) is 2. The van der Waals surface area contributed by atoms with Gasteiger partial charge in [-0.15, -0.1) is 0 Å². The number of H-pyrrole nitrogens is 1. The molecule has 8 nitrogen and oxygen atoms in total. The average Bonchev–Trinajstić information content (AvgIpc) is 3.55. The zero-order valence-electron chi connectivity index (χ0n) is 18.9. The molecule has 0 aromatic carbocycles. The Labute approximate surface area is 191 Å². The number of thiazole rings is 1. The van der Waals surface area contributed by atoms with Crippen molar-refractivity contribution in [1.29, 1.82) is 0 Å². The van der Waals surface area contributed by atoms with Crippen LogP contribution in [0.25, 0.3) is 22.0 Å². The Balaban J connectivity index is 1.50. The van der Waals surface area contributed by atoms with Gasteiger partial charge in [0.1, 0.15) is 10.7 Å². The molecule has 32 heavy (non-hydrogen) atoms. The quantitative estimate of drug-likeness (QED) is 0.450. The average molecular weight is 449 g/mol. The van der Waals surface area contributed by atoms with Gasteiger partial charge in [-0.2, -0.15) is 5.10 Å². The molecular weight excluding hydrogens is 420 g/mol. The Morgan fingerprint density at radius 1 is 1.28 bits per heavy atom. The molecule has 0 saturated carbocycles. The number of piperidine rings is 1. The molecule has 1 aliphatic heterocycles. The van der Waals surface area contributed by atoms with E-state index in [4.69, 9.17) is 15.0 Å². The van der Waals surface area contributed by atoms with Gasteiger partial charge in [0.25, 0.3) is 0 Å². The minimum absolute atomic E-state index is 0.528. The number of aliphatic imine (C=N–C) groups is 1. The van der Waals surface area contributed by atoms with E-state index in [1.807, 2.05) is 39.5 Å². The highest BCUT2D eigenvalue weighted by Gasteiger charge is 2.22. The lowest BCUT2D eigenvalue weighted by Gasteiger charge is -2.31. The van der Waals surface area contributed by atoms with Crippen LogP contribution < -0.4 is 10.2 Å². The smallest absolute Gasteiger partial charge is 0.187 e. The van der Waals surface area contributed by atoms with Gasteiger partial charge in [0.15, 0.2) is 5.13 Å². The molecule has 4 aromatic rings. The molecule has 5 heterocycles. The van der Waals surface area contributed by atoms with Crippen LogP contribution >= 0.6 is 11.3 Å². The van der Waals surface area contributed by atoms with Crippen molar-refractivity contribution in [3.05, 3.63) is 42.2 Å². The van der Waals surface area contributed by atoms with Crippen LogP contribution in [0, 0.1) is 6.92 Å². The largest absolute Gasteiger partial charge is 0.349 e. The molecule has 4 aromatic heterocycles. The second-order valence-corrected chi connectivity index (χ2v) is 9.33. The lowest BCUT2D eigenvalue weighted by Crippen LogP contribution is -2.41. The second kappa shape index (κ2) is 8.48. The molecule has 166 valence electrons. The first-order valence-electron chi connectivity index (χ1n) is 10.9. The molecule has 1 aliphatic rings. The van der Waals surface area contributed by atoms with Gasteiger partial charge in [-0.05, 0) is 45.8 Å². The van der Waals surface area contributed by atoms with Crippen LogP contribution in [0.2, 0.25) is 0 Å². The molecule has 0 bridgehead atoms. The zero-order valence-corrected chi connectivity index (χ0v) is 19.7. The second-order valence-electron chi connectivity index (χ2n) is 8.37. The Hall–Kier alpha value is -3.04. The molecule has 0 unspecified atom stereocenters. The first-order chi connectivity index (χ1) is 15.5. The van der Waals surface area contributed by atoms with Crippen molar-refractivity contribution in [3.63, 3.8) is 0 Å². The first kappa shape index (κ1) is 20.8. The molecule has 0 radical (unpaired) electrons. The summed E-state index contributed by atoms with van der Waals surface area (Å²) in [5.74, 6) is 0. The van der Waals surface area contributed by atoms with Crippen molar-refractivity contribution in [2.24, 2.45) is 12.0 Å². The van der Waals surface area contributed by atoms with Crippen LogP contribution in [0.15, 0.2) is 35.8 Å². The number of hydrogen-bond acceptors (Lipinski definition) is 7. The zero-order chi connectivity index (χ0) is 22.2. The fourth-order valence-electron chi connectivity index (χ4n) is 4.38. The summed E-state index contributed by atoms with van der Waals surface area (Å²) in [5, 5.41) is 13.5. The highest BCUT2D eigenvalue weighted by Crippen LogP contribution is 2.36. The van der Waals surface area contributed by atoms with Crippen LogP contribution in [0.5, 0.6) is 0 Å². The minimum Gasteiger partial charge on any atom is -0.349 e. The minimum atomic E-state index is 0.528. The summed E-state index contributed by atoms with van der Waals surface area (Å²) in [5.41, 5.74) is 5.89. The van der Waals surface area contributed by atoms with Gasteiger partial charge in [-0.25, -0.2) is 9.98 Å². The van der Waals surface area contributed by atoms with Gasteiger partial charge in [-0.3, -0.25) is 10.1 Å². The number of rotatable bonds is 5. The van der Waals surface area contributed by atoms with Gasteiger partial charge >= 0.3 is 0 Å². The molecule has 1 saturated heterocycles. The molecule has 0 spiro atoms. The molecule has 0 aliphatic carbocycles. The lowest BCUT2D eigenvalue weighted by atomic mass is 10.1. The van der Waals surface area contributed by atoms with Crippen molar-refractivity contribution < 1.29 is 0 Å². The summed E-state index contributed by atoms with van der Waals surface area (Å²) >= 11 is 1.66. The number of nitrogens with zero attached hydrogens (tertiary/aromatic N) is 6. The van der Waals surface area contributed by atoms with Crippen LogP contribution in [-0.2, 0) is 7.05 Å². The predicted octanol–water partition coefficient (Wildman–Crippen LogP) is 4.06. The number of aromatic amines is 1. The van der Waals surface area contributed by atoms with Gasteiger partial charge in [-0.1, -0.05) is 11.3 Å².